The van der Waals surface area contributed by atoms with Crippen LogP contribution in [0.25, 0.3) is 0 Å². The lowest BCUT2D eigenvalue weighted by atomic mass is 9.99. The Bertz CT molecular complexity index is 1200. The Balaban J connectivity index is 1.47. The summed E-state index contributed by atoms with van der Waals surface area (Å²) in [6.07, 6.45) is 2.29. The number of nitrogens with one attached hydrogen (secondary N) is 1. The first-order chi connectivity index (χ1) is 15.1. The van der Waals surface area contributed by atoms with Gasteiger partial charge in [0.15, 0.2) is 0 Å². The first-order valence-corrected chi connectivity index (χ1v) is 13.7. The number of anilines is 3. The highest BCUT2D eigenvalue weighted by Gasteiger charge is 2.42. The molecule has 0 saturated carbocycles. The molecule has 0 aromatic heterocycles. The van der Waals surface area contributed by atoms with Gasteiger partial charge in [-0.05, 0) is 67.3 Å². The number of benzene rings is 2. The third-order valence-electron chi connectivity index (χ3n) is 6.01. The van der Waals surface area contributed by atoms with Gasteiger partial charge in [-0.15, -0.1) is 0 Å². The number of sulfonamides is 2. The summed E-state index contributed by atoms with van der Waals surface area (Å²) in [6.45, 7) is 5.79. The molecule has 1 unspecified atom stereocenters. The van der Waals surface area contributed by atoms with Crippen molar-refractivity contribution in [2.24, 2.45) is 11.8 Å². The molecule has 4 rings (SSSR count). The van der Waals surface area contributed by atoms with E-state index in [-0.39, 0.29) is 16.3 Å². The Morgan fingerprint density at radius 2 is 1.47 bits per heavy atom. The summed E-state index contributed by atoms with van der Waals surface area (Å²) in [4.78, 5) is 14.5. The van der Waals surface area contributed by atoms with Crippen molar-refractivity contribution in [2.45, 2.75) is 31.6 Å². The molecule has 0 bridgehead atoms. The van der Waals surface area contributed by atoms with Crippen molar-refractivity contribution in [2.75, 3.05) is 32.8 Å². The van der Waals surface area contributed by atoms with Gasteiger partial charge in [0.2, 0.25) is 15.9 Å². The van der Waals surface area contributed by atoms with Crippen molar-refractivity contribution in [1.82, 2.24) is 0 Å². The van der Waals surface area contributed by atoms with Crippen LogP contribution in [-0.2, 0) is 24.8 Å². The molecule has 8 nitrogen and oxygen atoms in total. The Morgan fingerprint density at radius 3 is 2.00 bits per heavy atom. The van der Waals surface area contributed by atoms with Gasteiger partial charge in [0.1, 0.15) is 0 Å². The first kappa shape index (κ1) is 22.6. The molecule has 2 aromatic carbocycles. The normalized spacial score (nSPS) is 21.7. The molecule has 10 heteroatoms. The van der Waals surface area contributed by atoms with Crippen LogP contribution in [-0.4, -0.2) is 41.6 Å². The van der Waals surface area contributed by atoms with E-state index in [1.165, 1.54) is 24.3 Å². The van der Waals surface area contributed by atoms with Crippen molar-refractivity contribution in [3.05, 3.63) is 48.5 Å². The number of hydrogen-bond donors (Lipinski definition) is 1. The summed E-state index contributed by atoms with van der Waals surface area (Å²) >= 11 is 0. The summed E-state index contributed by atoms with van der Waals surface area (Å²) in [5.41, 5.74) is 1.64. The number of rotatable bonds is 5. The van der Waals surface area contributed by atoms with Crippen LogP contribution in [0.2, 0.25) is 0 Å². The van der Waals surface area contributed by atoms with Crippen LogP contribution in [0.1, 0.15) is 26.7 Å². The summed E-state index contributed by atoms with van der Waals surface area (Å²) in [7, 11) is -7.61. The minimum absolute atomic E-state index is 0.0209. The van der Waals surface area contributed by atoms with Gasteiger partial charge in [0.05, 0.1) is 22.3 Å². The van der Waals surface area contributed by atoms with E-state index >= 15 is 0 Å². The maximum atomic E-state index is 12.8. The Labute approximate surface area is 189 Å². The Morgan fingerprint density at radius 1 is 0.906 bits per heavy atom. The number of piperidine rings is 1. The molecule has 172 valence electrons. The maximum absolute atomic E-state index is 12.8. The zero-order valence-corrected chi connectivity index (χ0v) is 19.7. The molecule has 32 heavy (non-hydrogen) atoms. The SMILES string of the molecule is CC1CCN(c2ccc(NS(=O)(=O)c3ccc(N4C(=O)C(C)CS4(=O)=O)cc3)cc2)CC1. The summed E-state index contributed by atoms with van der Waals surface area (Å²) in [5, 5.41) is 0. The van der Waals surface area contributed by atoms with E-state index in [1.54, 1.807) is 19.1 Å². The second kappa shape index (κ2) is 8.40. The zero-order chi connectivity index (χ0) is 23.1. The van der Waals surface area contributed by atoms with Crippen molar-refractivity contribution in [3.8, 4) is 0 Å². The molecule has 0 spiro atoms. The lowest BCUT2D eigenvalue weighted by molar-refractivity contribution is -0.119. The number of amides is 1. The Hall–Kier alpha value is -2.59. The summed E-state index contributed by atoms with van der Waals surface area (Å²) in [6, 6.07) is 12.5. The molecule has 2 aliphatic heterocycles. The first-order valence-electron chi connectivity index (χ1n) is 10.6. The fourth-order valence-electron chi connectivity index (χ4n) is 4.07. The van der Waals surface area contributed by atoms with E-state index in [0.717, 1.165) is 41.8 Å². The predicted octanol–water partition coefficient (Wildman–Crippen LogP) is 3.04. The molecule has 0 aliphatic carbocycles. The van der Waals surface area contributed by atoms with Crippen LogP contribution in [0.3, 0.4) is 0 Å². The van der Waals surface area contributed by atoms with Crippen molar-refractivity contribution >= 4 is 43.0 Å². The van der Waals surface area contributed by atoms with E-state index in [9.17, 15) is 21.6 Å². The van der Waals surface area contributed by atoms with Gasteiger partial charge in [-0.25, -0.2) is 21.1 Å². The van der Waals surface area contributed by atoms with Crippen molar-refractivity contribution in [3.63, 3.8) is 0 Å². The van der Waals surface area contributed by atoms with Crippen LogP contribution in [0, 0.1) is 11.8 Å². The third-order valence-corrected chi connectivity index (χ3v) is 9.28. The molecule has 0 radical (unpaired) electrons. The summed E-state index contributed by atoms with van der Waals surface area (Å²) in [5.74, 6) is -0.654. The fraction of sp³-hybridized carbons (Fsp3) is 0.409. The minimum atomic E-state index is -3.87. The van der Waals surface area contributed by atoms with Crippen LogP contribution in [0.15, 0.2) is 53.4 Å². The van der Waals surface area contributed by atoms with Crippen LogP contribution < -0.4 is 13.9 Å². The number of nitrogens with zero attached hydrogens (tertiary/aromatic N) is 2. The van der Waals surface area contributed by atoms with Crippen LogP contribution in [0.4, 0.5) is 17.1 Å². The molecule has 2 aromatic rings. The smallest absolute Gasteiger partial charge is 0.261 e. The van der Waals surface area contributed by atoms with E-state index in [1.807, 2.05) is 12.1 Å². The molecule has 2 heterocycles. The quantitative estimate of drug-likeness (QED) is 0.710. The van der Waals surface area contributed by atoms with Crippen LogP contribution >= 0.6 is 0 Å². The highest BCUT2D eigenvalue weighted by atomic mass is 32.2. The average Bonchev–Trinajstić information content (AvgIpc) is 2.95. The van der Waals surface area contributed by atoms with E-state index in [4.69, 9.17) is 0 Å². The molecular weight excluding hydrogens is 450 g/mol. The van der Waals surface area contributed by atoms with Gasteiger partial charge >= 0.3 is 0 Å². The third kappa shape index (κ3) is 4.47. The predicted molar refractivity (Wildman–Crippen MR) is 125 cm³/mol. The number of carbonyl (C=O) groups is 1. The molecule has 1 atom stereocenters. The van der Waals surface area contributed by atoms with Gasteiger partial charge in [-0.2, -0.15) is 0 Å². The molecule has 2 fully saturated rings. The van der Waals surface area contributed by atoms with Gasteiger partial charge in [-0.1, -0.05) is 13.8 Å². The van der Waals surface area contributed by atoms with E-state index in [2.05, 4.69) is 16.5 Å². The lowest BCUT2D eigenvalue weighted by Gasteiger charge is -2.32. The Kier molecular flexibility index (Phi) is 5.93. The molecule has 1 amide bonds. The van der Waals surface area contributed by atoms with Crippen LogP contribution in [0.5, 0.6) is 0 Å². The zero-order valence-electron chi connectivity index (χ0n) is 18.1. The maximum Gasteiger partial charge on any atom is 0.261 e. The lowest BCUT2D eigenvalue weighted by Crippen LogP contribution is -2.32. The van der Waals surface area contributed by atoms with Gasteiger partial charge in [0, 0.05) is 24.5 Å². The van der Waals surface area contributed by atoms with E-state index < -0.39 is 31.9 Å². The van der Waals surface area contributed by atoms with Crippen molar-refractivity contribution < 1.29 is 21.6 Å². The summed E-state index contributed by atoms with van der Waals surface area (Å²) < 4.78 is 53.3. The number of carbonyl (C=O) groups excluding carboxylic acids is 1. The monoisotopic (exact) mass is 477 g/mol. The minimum Gasteiger partial charge on any atom is -0.372 e. The van der Waals surface area contributed by atoms with E-state index in [0.29, 0.717) is 5.69 Å². The topological polar surface area (TPSA) is 104 Å². The highest BCUT2D eigenvalue weighted by Crippen LogP contribution is 2.30. The molecule has 1 N–H and O–H groups in total. The molecule has 2 saturated heterocycles. The second-order valence-electron chi connectivity index (χ2n) is 8.60. The second-order valence-corrected chi connectivity index (χ2v) is 12.1. The molecular formula is C22H27N3O5S2. The fourth-order valence-corrected chi connectivity index (χ4v) is 6.95. The van der Waals surface area contributed by atoms with Gasteiger partial charge in [-0.3, -0.25) is 9.52 Å². The largest absolute Gasteiger partial charge is 0.372 e. The average molecular weight is 478 g/mol. The number of hydrogen-bond acceptors (Lipinski definition) is 6. The van der Waals surface area contributed by atoms with Crippen molar-refractivity contribution in [1.29, 1.82) is 0 Å². The van der Waals surface area contributed by atoms with Gasteiger partial charge < -0.3 is 4.90 Å². The standard InChI is InChI=1S/C22H27N3O5S2/c1-16-11-13-24(14-12-16)19-5-3-18(4-6-19)23-32(29,30)21-9-7-20(8-10-21)25-22(26)17(2)15-31(25,27)28/h3-10,16-17,23H,11-15H2,1-2H3. The highest BCUT2D eigenvalue weighted by molar-refractivity contribution is 7.94. The van der Waals surface area contributed by atoms with Gasteiger partial charge in [0.25, 0.3) is 10.0 Å². The molecule has 2 aliphatic rings.